The van der Waals surface area contributed by atoms with Crippen LogP contribution in [0.4, 0.5) is 14.9 Å². The van der Waals surface area contributed by atoms with E-state index in [9.17, 15) is 9.18 Å². The Kier molecular flexibility index (Phi) is 6.42. The van der Waals surface area contributed by atoms with E-state index in [0.29, 0.717) is 6.54 Å². The summed E-state index contributed by atoms with van der Waals surface area (Å²) in [6, 6.07) is 12.5. The van der Waals surface area contributed by atoms with Crippen LogP contribution < -0.4 is 10.6 Å². The topological polar surface area (TPSA) is 47.6 Å². The Labute approximate surface area is 160 Å². The van der Waals surface area contributed by atoms with E-state index in [-0.39, 0.29) is 5.69 Å². The summed E-state index contributed by atoms with van der Waals surface area (Å²) in [7, 11) is 2.16. The van der Waals surface area contributed by atoms with Crippen molar-refractivity contribution in [2.45, 2.75) is 20.0 Å². The summed E-state index contributed by atoms with van der Waals surface area (Å²) < 4.78 is 13.7. The molecule has 0 aromatic heterocycles. The molecule has 27 heavy (non-hydrogen) atoms. The fraction of sp³-hybridized carbons (Fsp3) is 0.381. The van der Waals surface area contributed by atoms with Gasteiger partial charge < -0.3 is 15.5 Å². The van der Waals surface area contributed by atoms with E-state index in [1.165, 1.54) is 11.6 Å². The smallest absolute Gasteiger partial charge is 0.319 e. The summed E-state index contributed by atoms with van der Waals surface area (Å²) in [5.74, 6) is -0.441. The van der Waals surface area contributed by atoms with Gasteiger partial charge in [-0.15, -0.1) is 0 Å². The van der Waals surface area contributed by atoms with Gasteiger partial charge in [-0.3, -0.25) is 4.90 Å². The number of benzene rings is 2. The van der Waals surface area contributed by atoms with Crippen LogP contribution in [0, 0.1) is 12.7 Å². The molecule has 0 aliphatic carbocycles. The zero-order valence-electron chi connectivity index (χ0n) is 16.0. The van der Waals surface area contributed by atoms with Crippen LogP contribution in [0.25, 0.3) is 0 Å². The number of carbonyl (C=O) groups excluding carboxylic acids is 1. The number of anilines is 1. The lowest BCUT2D eigenvalue weighted by atomic mass is 10.1. The zero-order valence-corrected chi connectivity index (χ0v) is 16.0. The van der Waals surface area contributed by atoms with Crippen LogP contribution in [0.3, 0.4) is 0 Å². The third-order valence-corrected chi connectivity index (χ3v) is 4.85. The average molecular weight is 370 g/mol. The number of halogens is 1. The summed E-state index contributed by atoms with van der Waals surface area (Å²) in [4.78, 5) is 16.8. The number of nitrogens with one attached hydrogen (secondary N) is 2. The first kappa shape index (κ1) is 19.3. The van der Waals surface area contributed by atoms with E-state index < -0.39 is 11.8 Å². The number of aryl methyl sites for hydroxylation is 1. The predicted octanol–water partition coefficient (Wildman–Crippen LogP) is 3.20. The molecule has 5 nitrogen and oxygen atoms in total. The highest BCUT2D eigenvalue weighted by Crippen LogP contribution is 2.15. The Hall–Kier alpha value is -2.44. The van der Waals surface area contributed by atoms with Crippen LogP contribution in [0.1, 0.15) is 16.7 Å². The molecule has 2 aromatic rings. The molecule has 1 saturated heterocycles. The van der Waals surface area contributed by atoms with Crippen LogP contribution in [0.15, 0.2) is 42.5 Å². The maximum absolute atomic E-state index is 13.7. The normalized spacial score (nSPS) is 15.5. The van der Waals surface area contributed by atoms with E-state index >= 15 is 0 Å². The van der Waals surface area contributed by atoms with Crippen molar-refractivity contribution in [3.05, 3.63) is 65.0 Å². The second kappa shape index (κ2) is 8.97. The molecule has 1 fully saturated rings. The van der Waals surface area contributed by atoms with Crippen LogP contribution in [-0.4, -0.2) is 49.1 Å². The standard InChI is InChI=1S/C21H27FN4O/c1-16-3-8-19(22)20(13-16)24-21(27)23-14-17-4-6-18(7-5-17)15-26-11-9-25(2)10-12-26/h3-8,13H,9-12,14-15H2,1-2H3,(H2,23,24,27). The molecule has 1 aliphatic heterocycles. The second-order valence-electron chi connectivity index (χ2n) is 7.19. The molecular weight excluding hydrogens is 343 g/mol. The van der Waals surface area contributed by atoms with Gasteiger partial charge >= 0.3 is 6.03 Å². The number of hydrogen-bond acceptors (Lipinski definition) is 3. The first-order valence-electron chi connectivity index (χ1n) is 9.29. The monoisotopic (exact) mass is 370 g/mol. The van der Waals surface area contributed by atoms with Crippen molar-refractivity contribution in [1.29, 1.82) is 0 Å². The molecule has 0 saturated carbocycles. The SMILES string of the molecule is Cc1ccc(F)c(NC(=O)NCc2ccc(CN3CCN(C)CC3)cc2)c1. The molecule has 0 bridgehead atoms. The Morgan fingerprint density at radius 1 is 1.04 bits per heavy atom. The molecule has 1 heterocycles. The van der Waals surface area contributed by atoms with Crippen molar-refractivity contribution in [2.24, 2.45) is 0 Å². The number of piperazine rings is 1. The third-order valence-electron chi connectivity index (χ3n) is 4.85. The summed E-state index contributed by atoms with van der Waals surface area (Å²) in [5, 5.41) is 5.32. The molecule has 0 radical (unpaired) electrons. The molecule has 3 rings (SSSR count). The van der Waals surface area contributed by atoms with E-state index in [1.807, 2.05) is 19.1 Å². The van der Waals surface area contributed by atoms with E-state index in [1.54, 1.807) is 12.1 Å². The minimum atomic E-state index is -0.441. The van der Waals surface area contributed by atoms with Gasteiger partial charge in [-0.25, -0.2) is 9.18 Å². The van der Waals surface area contributed by atoms with Gasteiger partial charge in [-0.05, 0) is 42.8 Å². The van der Waals surface area contributed by atoms with Crippen molar-refractivity contribution < 1.29 is 9.18 Å². The Balaban J connectivity index is 1.47. The minimum absolute atomic E-state index is 0.190. The number of nitrogens with zero attached hydrogens (tertiary/aromatic N) is 2. The van der Waals surface area contributed by atoms with Crippen molar-refractivity contribution in [2.75, 3.05) is 38.5 Å². The maximum atomic E-state index is 13.7. The van der Waals surface area contributed by atoms with Crippen molar-refractivity contribution in [3.63, 3.8) is 0 Å². The fourth-order valence-corrected chi connectivity index (χ4v) is 3.11. The Morgan fingerprint density at radius 3 is 2.41 bits per heavy atom. The molecule has 0 spiro atoms. The lowest BCUT2D eigenvalue weighted by Gasteiger charge is -2.32. The van der Waals surface area contributed by atoms with Gasteiger partial charge in [-0.2, -0.15) is 0 Å². The number of carbonyl (C=O) groups is 1. The largest absolute Gasteiger partial charge is 0.334 e. The van der Waals surface area contributed by atoms with Gasteiger partial charge in [0.2, 0.25) is 0 Å². The first-order chi connectivity index (χ1) is 13.0. The molecule has 2 N–H and O–H groups in total. The zero-order chi connectivity index (χ0) is 19.2. The maximum Gasteiger partial charge on any atom is 0.319 e. The van der Waals surface area contributed by atoms with Crippen molar-refractivity contribution >= 4 is 11.7 Å². The molecule has 0 atom stereocenters. The predicted molar refractivity (Wildman–Crippen MR) is 106 cm³/mol. The molecule has 6 heteroatoms. The second-order valence-corrected chi connectivity index (χ2v) is 7.19. The van der Waals surface area contributed by atoms with Gasteiger partial charge in [0.1, 0.15) is 5.82 Å². The van der Waals surface area contributed by atoms with Gasteiger partial charge in [-0.1, -0.05) is 30.3 Å². The van der Waals surface area contributed by atoms with E-state index in [4.69, 9.17) is 0 Å². The summed E-state index contributed by atoms with van der Waals surface area (Å²) in [6.07, 6.45) is 0. The molecule has 2 aromatic carbocycles. The number of amides is 2. The average Bonchev–Trinajstić information content (AvgIpc) is 2.66. The lowest BCUT2D eigenvalue weighted by molar-refractivity contribution is 0.148. The molecule has 1 aliphatic rings. The van der Waals surface area contributed by atoms with Gasteiger partial charge in [0.25, 0.3) is 0 Å². The third kappa shape index (κ3) is 5.77. The van der Waals surface area contributed by atoms with Gasteiger partial charge in [0.15, 0.2) is 0 Å². The van der Waals surface area contributed by atoms with Crippen LogP contribution in [-0.2, 0) is 13.1 Å². The van der Waals surface area contributed by atoms with Crippen LogP contribution in [0.2, 0.25) is 0 Å². The van der Waals surface area contributed by atoms with Crippen LogP contribution in [0.5, 0.6) is 0 Å². The number of urea groups is 1. The van der Waals surface area contributed by atoms with E-state index in [0.717, 1.165) is 43.9 Å². The quantitative estimate of drug-likeness (QED) is 0.850. The summed E-state index contributed by atoms with van der Waals surface area (Å²) in [5.41, 5.74) is 3.37. The van der Waals surface area contributed by atoms with Gasteiger partial charge in [0.05, 0.1) is 5.69 Å². The Bertz CT molecular complexity index is 770. The molecular formula is C21H27FN4O. The van der Waals surface area contributed by atoms with E-state index in [2.05, 4.69) is 39.6 Å². The summed E-state index contributed by atoms with van der Waals surface area (Å²) in [6.45, 7) is 7.61. The van der Waals surface area contributed by atoms with Gasteiger partial charge in [0, 0.05) is 39.3 Å². The number of rotatable bonds is 5. The molecule has 0 unspecified atom stereocenters. The highest BCUT2D eigenvalue weighted by atomic mass is 19.1. The first-order valence-corrected chi connectivity index (χ1v) is 9.29. The summed E-state index contributed by atoms with van der Waals surface area (Å²) >= 11 is 0. The number of likely N-dealkylation sites (N-methyl/N-ethyl adjacent to an activating group) is 1. The fourth-order valence-electron chi connectivity index (χ4n) is 3.11. The van der Waals surface area contributed by atoms with Crippen molar-refractivity contribution in [3.8, 4) is 0 Å². The van der Waals surface area contributed by atoms with Crippen LogP contribution >= 0.6 is 0 Å². The molecule has 144 valence electrons. The Morgan fingerprint density at radius 2 is 1.70 bits per heavy atom. The highest BCUT2D eigenvalue weighted by Gasteiger charge is 2.13. The van der Waals surface area contributed by atoms with Crippen molar-refractivity contribution in [1.82, 2.24) is 15.1 Å². The molecule has 2 amide bonds. The highest BCUT2D eigenvalue weighted by molar-refractivity contribution is 5.89. The minimum Gasteiger partial charge on any atom is -0.334 e. The number of hydrogen-bond donors (Lipinski definition) is 2. The lowest BCUT2D eigenvalue weighted by Crippen LogP contribution is -2.43.